The van der Waals surface area contributed by atoms with E-state index < -0.39 is 0 Å². The van der Waals surface area contributed by atoms with Gasteiger partial charge < -0.3 is 10.1 Å². The molecule has 100 valence electrons. The lowest BCUT2D eigenvalue weighted by Gasteiger charge is -2.15. The quantitative estimate of drug-likeness (QED) is 0.619. The number of hydrogen-bond donors (Lipinski definition) is 1. The largest absolute Gasteiger partial charge is 0.468 e. The predicted octanol–water partition coefficient (Wildman–Crippen LogP) is 1.11. The zero-order chi connectivity index (χ0) is 13.1. The Labute approximate surface area is 111 Å². The third-order valence-electron chi connectivity index (χ3n) is 2.86. The smallest absolute Gasteiger partial charge is 0.323 e. The van der Waals surface area contributed by atoms with Crippen molar-refractivity contribution in [1.82, 2.24) is 15.1 Å². The number of methoxy groups -OCH3 is 1. The molecular weight excluding hydrogens is 250 g/mol. The van der Waals surface area contributed by atoms with Gasteiger partial charge in [0.1, 0.15) is 6.04 Å². The number of carbonyl (C=O) groups is 1. The molecule has 6 heteroatoms. The molecule has 1 aliphatic carbocycles. The highest BCUT2D eigenvalue weighted by atomic mass is 32.2. The Balaban J connectivity index is 1.91. The van der Waals surface area contributed by atoms with E-state index in [1.807, 2.05) is 24.7 Å². The zero-order valence-corrected chi connectivity index (χ0v) is 11.8. The third-order valence-corrected chi connectivity index (χ3v) is 4.03. The lowest BCUT2D eigenvalue weighted by molar-refractivity contribution is -0.142. The summed E-state index contributed by atoms with van der Waals surface area (Å²) in [5.74, 6) is 0.482. The van der Waals surface area contributed by atoms with E-state index in [1.54, 1.807) is 11.8 Å². The Kier molecular flexibility index (Phi) is 4.29. The summed E-state index contributed by atoms with van der Waals surface area (Å²) in [6.45, 7) is 1.96. The monoisotopic (exact) mass is 269 g/mol. The summed E-state index contributed by atoms with van der Waals surface area (Å²) >= 11 is 1.63. The van der Waals surface area contributed by atoms with Crippen molar-refractivity contribution in [2.24, 2.45) is 7.05 Å². The van der Waals surface area contributed by atoms with Crippen molar-refractivity contribution in [3.63, 3.8) is 0 Å². The third kappa shape index (κ3) is 3.49. The molecule has 1 N–H and O–H groups in total. The molecule has 2 rings (SSSR count). The first kappa shape index (κ1) is 13.4. The maximum Gasteiger partial charge on any atom is 0.323 e. The first-order valence-electron chi connectivity index (χ1n) is 6.07. The SMILES string of the molecule is COC(=O)C(CSc1cc(C)nn1C)NC1CC1. The van der Waals surface area contributed by atoms with E-state index in [-0.39, 0.29) is 12.0 Å². The van der Waals surface area contributed by atoms with Crippen molar-refractivity contribution >= 4 is 17.7 Å². The van der Waals surface area contributed by atoms with Gasteiger partial charge >= 0.3 is 5.97 Å². The molecule has 0 bridgehead atoms. The van der Waals surface area contributed by atoms with Crippen LogP contribution in [0.2, 0.25) is 0 Å². The van der Waals surface area contributed by atoms with Crippen LogP contribution in [-0.4, -0.2) is 40.7 Å². The van der Waals surface area contributed by atoms with Gasteiger partial charge in [0.25, 0.3) is 0 Å². The fraction of sp³-hybridized carbons (Fsp3) is 0.667. The Morgan fingerprint density at radius 3 is 2.94 bits per heavy atom. The van der Waals surface area contributed by atoms with E-state index in [0.29, 0.717) is 11.8 Å². The second kappa shape index (κ2) is 5.75. The molecule has 0 radical (unpaired) electrons. The van der Waals surface area contributed by atoms with Crippen LogP contribution in [0.3, 0.4) is 0 Å². The van der Waals surface area contributed by atoms with Crippen LogP contribution in [0.15, 0.2) is 11.1 Å². The summed E-state index contributed by atoms with van der Waals surface area (Å²) in [6, 6.07) is 2.28. The molecule has 1 aliphatic rings. The number of carbonyl (C=O) groups excluding carboxylic acids is 1. The average Bonchev–Trinajstić information content (AvgIpc) is 3.09. The van der Waals surface area contributed by atoms with E-state index >= 15 is 0 Å². The summed E-state index contributed by atoms with van der Waals surface area (Å²) in [6.07, 6.45) is 2.31. The van der Waals surface area contributed by atoms with E-state index in [2.05, 4.69) is 10.4 Å². The second-order valence-corrected chi connectivity index (χ2v) is 5.62. The summed E-state index contributed by atoms with van der Waals surface area (Å²) in [7, 11) is 3.35. The standard InChI is InChI=1S/C12H19N3O2S/c1-8-6-11(15(2)14-8)18-7-10(12(16)17-3)13-9-4-5-9/h6,9-10,13H,4-5,7H2,1-3H3. The van der Waals surface area contributed by atoms with Crippen molar-refractivity contribution in [3.05, 3.63) is 11.8 Å². The van der Waals surface area contributed by atoms with Crippen LogP contribution in [0.4, 0.5) is 0 Å². The summed E-state index contributed by atoms with van der Waals surface area (Å²) < 4.78 is 6.67. The highest BCUT2D eigenvalue weighted by Crippen LogP contribution is 2.23. The van der Waals surface area contributed by atoms with Crippen molar-refractivity contribution in [2.45, 2.75) is 36.9 Å². The lowest BCUT2D eigenvalue weighted by Crippen LogP contribution is -2.41. The fourth-order valence-electron chi connectivity index (χ4n) is 1.75. The summed E-state index contributed by atoms with van der Waals surface area (Å²) in [4.78, 5) is 11.7. The minimum absolute atomic E-state index is 0.187. The van der Waals surface area contributed by atoms with E-state index in [0.717, 1.165) is 23.6 Å². The maximum atomic E-state index is 11.7. The van der Waals surface area contributed by atoms with Crippen molar-refractivity contribution < 1.29 is 9.53 Å². The Morgan fingerprint density at radius 1 is 1.72 bits per heavy atom. The molecule has 1 aromatic heterocycles. The second-order valence-electron chi connectivity index (χ2n) is 4.58. The average molecular weight is 269 g/mol. The Hall–Kier alpha value is -1.01. The molecule has 1 unspecified atom stereocenters. The molecule has 5 nitrogen and oxygen atoms in total. The lowest BCUT2D eigenvalue weighted by atomic mass is 10.3. The molecular formula is C12H19N3O2S. The van der Waals surface area contributed by atoms with Gasteiger partial charge in [0, 0.05) is 18.8 Å². The molecule has 1 aromatic rings. The molecule has 1 atom stereocenters. The molecule has 0 saturated heterocycles. The van der Waals surface area contributed by atoms with Gasteiger partial charge in [0.05, 0.1) is 17.8 Å². The number of hydrogen-bond acceptors (Lipinski definition) is 5. The number of nitrogens with one attached hydrogen (secondary N) is 1. The van der Waals surface area contributed by atoms with Crippen LogP contribution in [0.1, 0.15) is 18.5 Å². The molecule has 1 saturated carbocycles. The highest BCUT2D eigenvalue weighted by molar-refractivity contribution is 7.99. The zero-order valence-electron chi connectivity index (χ0n) is 11.0. The normalized spacial score (nSPS) is 16.6. The van der Waals surface area contributed by atoms with Crippen LogP contribution in [-0.2, 0) is 16.6 Å². The van der Waals surface area contributed by atoms with Gasteiger partial charge in [-0.3, -0.25) is 9.48 Å². The van der Waals surface area contributed by atoms with Gasteiger partial charge in [-0.2, -0.15) is 5.10 Å². The van der Waals surface area contributed by atoms with Gasteiger partial charge in [-0.05, 0) is 25.8 Å². The summed E-state index contributed by atoms with van der Waals surface area (Å²) in [5, 5.41) is 8.67. The summed E-state index contributed by atoms with van der Waals surface area (Å²) in [5.41, 5.74) is 0.991. The van der Waals surface area contributed by atoms with E-state index in [4.69, 9.17) is 4.74 Å². The van der Waals surface area contributed by atoms with Gasteiger partial charge in [-0.15, -0.1) is 11.8 Å². The van der Waals surface area contributed by atoms with Gasteiger partial charge in [0.2, 0.25) is 0 Å². The topological polar surface area (TPSA) is 56.1 Å². The van der Waals surface area contributed by atoms with E-state index in [9.17, 15) is 4.79 Å². The van der Waals surface area contributed by atoms with Gasteiger partial charge in [-0.1, -0.05) is 0 Å². The highest BCUT2D eigenvalue weighted by Gasteiger charge is 2.29. The molecule has 0 aliphatic heterocycles. The molecule has 1 fully saturated rings. The first-order chi connectivity index (χ1) is 8.60. The van der Waals surface area contributed by atoms with Crippen LogP contribution >= 0.6 is 11.8 Å². The molecule has 18 heavy (non-hydrogen) atoms. The van der Waals surface area contributed by atoms with Crippen molar-refractivity contribution in [1.29, 1.82) is 0 Å². The van der Waals surface area contributed by atoms with E-state index in [1.165, 1.54) is 7.11 Å². The number of aryl methyl sites for hydroxylation is 2. The minimum atomic E-state index is -0.234. The fourth-order valence-corrected chi connectivity index (χ4v) is 2.80. The van der Waals surface area contributed by atoms with Crippen molar-refractivity contribution in [2.75, 3.05) is 12.9 Å². The number of nitrogens with zero attached hydrogens (tertiary/aromatic N) is 2. The van der Waals surface area contributed by atoms with Gasteiger partial charge in [-0.25, -0.2) is 0 Å². The predicted molar refractivity (Wildman–Crippen MR) is 70.6 cm³/mol. The van der Waals surface area contributed by atoms with Gasteiger partial charge in [0.15, 0.2) is 0 Å². The number of ether oxygens (including phenoxy) is 1. The molecule has 0 aromatic carbocycles. The Morgan fingerprint density at radius 2 is 2.44 bits per heavy atom. The maximum absolute atomic E-state index is 11.7. The minimum Gasteiger partial charge on any atom is -0.468 e. The van der Waals surface area contributed by atoms with Crippen LogP contribution in [0.5, 0.6) is 0 Å². The molecule has 0 amide bonds. The number of aromatic nitrogens is 2. The number of esters is 1. The number of thioether (sulfide) groups is 1. The van der Waals surface area contributed by atoms with Crippen LogP contribution in [0.25, 0.3) is 0 Å². The van der Waals surface area contributed by atoms with Crippen molar-refractivity contribution in [3.8, 4) is 0 Å². The first-order valence-corrected chi connectivity index (χ1v) is 7.06. The molecule has 0 spiro atoms. The molecule has 1 heterocycles. The van der Waals surface area contributed by atoms with Crippen LogP contribution < -0.4 is 5.32 Å². The Bertz CT molecular complexity index is 429. The van der Waals surface area contributed by atoms with Crippen LogP contribution in [0, 0.1) is 6.92 Å². The number of rotatable bonds is 6.